The van der Waals surface area contributed by atoms with Crippen molar-refractivity contribution in [2.75, 3.05) is 5.32 Å². The van der Waals surface area contributed by atoms with E-state index in [0.29, 0.717) is 5.56 Å². The highest BCUT2D eigenvalue weighted by Gasteiger charge is 2.36. The van der Waals surface area contributed by atoms with Gasteiger partial charge in [-0.15, -0.1) is 0 Å². The molecule has 9 nitrogen and oxygen atoms in total. The van der Waals surface area contributed by atoms with Crippen LogP contribution in [0.25, 0.3) is 22.5 Å². The number of hydrogen-bond donors (Lipinski definition) is 2. The number of carbonyl (C=O) groups is 2. The minimum Gasteiger partial charge on any atom is -0.445 e. The molecule has 0 fully saturated rings. The van der Waals surface area contributed by atoms with E-state index < -0.39 is 40.7 Å². The van der Waals surface area contributed by atoms with Crippen molar-refractivity contribution in [3.05, 3.63) is 120 Å². The number of aromatic nitrogens is 4. The Hall–Kier alpha value is -5.59. The molecule has 2 N–H and O–H groups in total. The van der Waals surface area contributed by atoms with Crippen LogP contribution in [-0.4, -0.2) is 31.7 Å². The Morgan fingerprint density at radius 3 is 2.34 bits per heavy atom. The summed E-state index contributed by atoms with van der Waals surface area (Å²) in [6.45, 7) is -0.0427. The Bertz CT molecular complexity index is 1790. The fourth-order valence-corrected chi connectivity index (χ4v) is 4.28. The van der Waals surface area contributed by atoms with Gasteiger partial charge in [-0.05, 0) is 23.8 Å². The van der Waals surface area contributed by atoms with Gasteiger partial charge in [0.05, 0.1) is 40.9 Å². The second-order valence-corrected chi connectivity index (χ2v) is 9.53. The second kappa shape index (κ2) is 12.7. The Balaban J connectivity index is 1.40. The highest BCUT2D eigenvalue weighted by Crippen LogP contribution is 2.38. The number of halogens is 4. The van der Waals surface area contributed by atoms with Gasteiger partial charge >= 0.3 is 12.3 Å². The maximum absolute atomic E-state index is 15.0. The first-order chi connectivity index (χ1) is 21.1. The zero-order chi connectivity index (χ0) is 31.3. The molecule has 0 bridgehead atoms. The van der Waals surface area contributed by atoms with Gasteiger partial charge in [-0.1, -0.05) is 60.7 Å². The summed E-state index contributed by atoms with van der Waals surface area (Å²) >= 11 is 0. The number of carbonyl (C=O) groups excluding carboxylic acids is 2. The van der Waals surface area contributed by atoms with Crippen LogP contribution >= 0.6 is 0 Å². The number of amides is 2. The Labute approximate surface area is 248 Å². The standard InChI is InChI=1S/C31H24F4N6O3/c1-41-13-12-25(40-41)21-14-22(24(32)15-23(21)31(33,34)35)29(42)38-26-16-36-27(39-28(26)20-10-6-3-7-11-20)17-37-30(43)44-18-19-8-4-2-5-9-19/h2-16H,17-18H2,1H3,(H,37,43)(H,38,42). The molecule has 2 aromatic heterocycles. The smallest absolute Gasteiger partial charge is 0.417 e. The zero-order valence-corrected chi connectivity index (χ0v) is 23.1. The van der Waals surface area contributed by atoms with Crippen LogP contribution in [0.4, 0.5) is 28.0 Å². The average Bonchev–Trinajstić information content (AvgIpc) is 3.45. The maximum atomic E-state index is 15.0. The van der Waals surface area contributed by atoms with Gasteiger partial charge in [0.2, 0.25) is 0 Å². The largest absolute Gasteiger partial charge is 0.445 e. The third-order valence-electron chi connectivity index (χ3n) is 6.38. The molecule has 5 rings (SSSR count). The van der Waals surface area contributed by atoms with E-state index in [1.54, 1.807) is 30.3 Å². The molecule has 0 spiro atoms. The third kappa shape index (κ3) is 7.06. The molecular formula is C31H24F4N6O3. The quantitative estimate of drug-likeness (QED) is 0.199. The lowest BCUT2D eigenvalue weighted by Crippen LogP contribution is -2.25. The van der Waals surface area contributed by atoms with Crippen molar-refractivity contribution in [1.82, 2.24) is 25.1 Å². The van der Waals surface area contributed by atoms with Crippen molar-refractivity contribution in [3.63, 3.8) is 0 Å². The number of ether oxygens (including phenoxy) is 1. The van der Waals surface area contributed by atoms with Crippen LogP contribution < -0.4 is 10.6 Å². The number of aryl methyl sites for hydroxylation is 1. The molecule has 44 heavy (non-hydrogen) atoms. The molecule has 13 heteroatoms. The van der Waals surface area contributed by atoms with Gasteiger partial charge in [0.1, 0.15) is 18.2 Å². The third-order valence-corrected chi connectivity index (χ3v) is 6.38. The normalized spacial score (nSPS) is 11.2. The van der Waals surface area contributed by atoms with Gasteiger partial charge in [-0.2, -0.15) is 18.3 Å². The highest BCUT2D eigenvalue weighted by atomic mass is 19.4. The first-order valence-corrected chi connectivity index (χ1v) is 13.2. The van der Waals surface area contributed by atoms with Gasteiger partial charge in [0.25, 0.3) is 5.91 Å². The Kier molecular flexibility index (Phi) is 8.65. The number of anilines is 1. The molecule has 0 radical (unpaired) electrons. The molecule has 2 heterocycles. The number of hydrogen-bond acceptors (Lipinski definition) is 6. The molecule has 0 saturated carbocycles. The summed E-state index contributed by atoms with van der Waals surface area (Å²) in [4.78, 5) is 34.1. The van der Waals surface area contributed by atoms with Crippen molar-refractivity contribution in [3.8, 4) is 22.5 Å². The highest BCUT2D eigenvalue weighted by molar-refractivity contribution is 6.06. The van der Waals surface area contributed by atoms with E-state index in [1.165, 1.54) is 30.2 Å². The predicted molar refractivity (Wildman–Crippen MR) is 152 cm³/mol. The molecule has 0 aliphatic carbocycles. The number of benzene rings is 3. The molecule has 2 amide bonds. The van der Waals surface area contributed by atoms with Crippen LogP contribution in [0.2, 0.25) is 0 Å². The summed E-state index contributed by atoms with van der Waals surface area (Å²) in [5, 5.41) is 9.07. The van der Waals surface area contributed by atoms with E-state index in [1.807, 2.05) is 30.3 Å². The van der Waals surface area contributed by atoms with Crippen molar-refractivity contribution >= 4 is 17.7 Å². The Morgan fingerprint density at radius 1 is 0.977 bits per heavy atom. The minimum absolute atomic E-state index is 0.0651. The fourth-order valence-electron chi connectivity index (χ4n) is 4.28. The summed E-state index contributed by atoms with van der Waals surface area (Å²) in [6, 6.07) is 20.2. The average molecular weight is 605 g/mol. The number of alkyl carbamates (subject to hydrolysis) is 1. The molecule has 0 saturated heterocycles. The van der Waals surface area contributed by atoms with E-state index in [0.717, 1.165) is 11.6 Å². The summed E-state index contributed by atoms with van der Waals surface area (Å²) in [5.41, 5.74) is -0.772. The number of nitrogens with one attached hydrogen (secondary N) is 2. The van der Waals surface area contributed by atoms with Crippen LogP contribution in [0.5, 0.6) is 0 Å². The molecule has 5 aromatic rings. The number of alkyl halides is 3. The van der Waals surface area contributed by atoms with E-state index >= 15 is 0 Å². The first kappa shape index (κ1) is 29.9. The van der Waals surface area contributed by atoms with Gasteiger partial charge < -0.3 is 15.4 Å². The van der Waals surface area contributed by atoms with Crippen LogP contribution in [-0.2, 0) is 31.1 Å². The lowest BCUT2D eigenvalue weighted by Gasteiger charge is -2.15. The predicted octanol–water partition coefficient (Wildman–Crippen LogP) is 6.38. The van der Waals surface area contributed by atoms with Gasteiger partial charge in [0.15, 0.2) is 0 Å². The van der Waals surface area contributed by atoms with Crippen molar-refractivity contribution in [2.24, 2.45) is 7.05 Å². The molecule has 0 unspecified atom stereocenters. The monoisotopic (exact) mass is 604 g/mol. The second-order valence-electron chi connectivity index (χ2n) is 9.53. The topological polar surface area (TPSA) is 111 Å². The summed E-state index contributed by atoms with van der Waals surface area (Å²) < 4.78 is 62.8. The number of nitrogens with zero attached hydrogens (tertiary/aromatic N) is 4. The van der Waals surface area contributed by atoms with Crippen molar-refractivity contribution in [1.29, 1.82) is 0 Å². The van der Waals surface area contributed by atoms with Crippen LogP contribution in [0.1, 0.15) is 27.3 Å². The molecule has 0 aliphatic rings. The van der Waals surface area contributed by atoms with Gasteiger partial charge in [0, 0.05) is 24.4 Å². The summed E-state index contributed by atoms with van der Waals surface area (Å²) in [7, 11) is 1.52. The molecular weight excluding hydrogens is 580 g/mol. The first-order valence-electron chi connectivity index (χ1n) is 13.2. The Morgan fingerprint density at radius 2 is 1.68 bits per heavy atom. The van der Waals surface area contributed by atoms with E-state index in [4.69, 9.17) is 4.74 Å². The van der Waals surface area contributed by atoms with Crippen molar-refractivity contribution in [2.45, 2.75) is 19.3 Å². The van der Waals surface area contributed by atoms with E-state index in [-0.39, 0.29) is 42.1 Å². The van der Waals surface area contributed by atoms with Crippen LogP contribution in [0.3, 0.4) is 0 Å². The lowest BCUT2D eigenvalue weighted by molar-refractivity contribution is -0.137. The van der Waals surface area contributed by atoms with E-state index in [9.17, 15) is 27.2 Å². The molecule has 0 aliphatic heterocycles. The van der Waals surface area contributed by atoms with Crippen LogP contribution in [0, 0.1) is 5.82 Å². The maximum Gasteiger partial charge on any atom is 0.417 e. The molecule has 3 aromatic carbocycles. The summed E-state index contributed by atoms with van der Waals surface area (Å²) in [5.74, 6) is -2.22. The van der Waals surface area contributed by atoms with Gasteiger partial charge in [-0.25, -0.2) is 19.2 Å². The zero-order valence-electron chi connectivity index (χ0n) is 23.1. The van der Waals surface area contributed by atoms with Gasteiger partial charge in [-0.3, -0.25) is 9.48 Å². The van der Waals surface area contributed by atoms with E-state index in [2.05, 4.69) is 25.7 Å². The lowest BCUT2D eigenvalue weighted by atomic mass is 9.99. The SMILES string of the molecule is Cn1ccc(-c2cc(C(=O)Nc3cnc(CNC(=O)OCc4ccccc4)nc3-c3ccccc3)c(F)cc2C(F)(F)F)n1. The summed E-state index contributed by atoms with van der Waals surface area (Å²) in [6.07, 6.45) is -2.89. The fraction of sp³-hybridized carbons (Fsp3) is 0.129. The van der Waals surface area contributed by atoms with Crippen molar-refractivity contribution < 1.29 is 31.9 Å². The number of rotatable bonds is 8. The van der Waals surface area contributed by atoms with Crippen LogP contribution in [0.15, 0.2) is 91.3 Å². The molecule has 224 valence electrons. The molecule has 0 atom stereocenters. The minimum atomic E-state index is -4.89.